The number of benzene rings is 1. The van der Waals surface area contributed by atoms with Gasteiger partial charge in [0.15, 0.2) is 0 Å². The summed E-state index contributed by atoms with van der Waals surface area (Å²) in [5, 5.41) is 2.54. The van der Waals surface area contributed by atoms with Gasteiger partial charge in [0.25, 0.3) is 5.91 Å². The molecule has 0 fully saturated rings. The predicted molar refractivity (Wildman–Crippen MR) is 71.6 cm³/mol. The predicted octanol–water partition coefficient (Wildman–Crippen LogP) is 0.984. The first kappa shape index (κ1) is 14.9. The van der Waals surface area contributed by atoms with Crippen LogP contribution in [0.3, 0.4) is 0 Å². The molecule has 2 amide bonds. The number of carbonyl (C=O) groups is 3. The zero-order valence-corrected chi connectivity index (χ0v) is 11.4. The van der Waals surface area contributed by atoms with Crippen molar-refractivity contribution in [2.45, 2.75) is 19.9 Å². The molecule has 102 valence electrons. The highest BCUT2D eigenvalue weighted by Crippen LogP contribution is 2.07. The molecule has 1 aromatic carbocycles. The van der Waals surface area contributed by atoms with Crippen LogP contribution in [-0.4, -0.2) is 36.6 Å². The maximum atomic E-state index is 11.6. The summed E-state index contributed by atoms with van der Waals surface area (Å²) < 4.78 is 0. The molecule has 0 aliphatic carbocycles. The van der Waals surface area contributed by atoms with Crippen molar-refractivity contribution in [1.82, 2.24) is 10.2 Å². The van der Waals surface area contributed by atoms with E-state index < -0.39 is 0 Å². The van der Waals surface area contributed by atoms with Gasteiger partial charge in [-0.15, -0.1) is 0 Å². The Morgan fingerprint density at radius 3 is 2.21 bits per heavy atom. The molecule has 0 spiro atoms. The average molecular weight is 262 g/mol. The fraction of sp³-hybridized carbons (Fsp3) is 0.357. The SMILES string of the molecule is CNC(=O)c1ccc(CN(C)C(=O)CC(C)=O)cc1. The first-order valence-corrected chi connectivity index (χ1v) is 5.98. The van der Waals surface area contributed by atoms with Crippen molar-refractivity contribution in [2.24, 2.45) is 0 Å². The van der Waals surface area contributed by atoms with Crippen LogP contribution in [0.15, 0.2) is 24.3 Å². The Bertz CT molecular complexity index is 480. The van der Waals surface area contributed by atoms with Crippen LogP contribution in [0.2, 0.25) is 0 Å². The Balaban J connectivity index is 2.65. The number of amides is 2. The number of rotatable bonds is 5. The van der Waals surface area contributed by atoms with Crippen molar-refractivity contribution in [1.29, 1.82) is 0 Å². The lowest BCUT2D eigenvalue weighted by Crippen LogP contribution is -2.27. The first-order valence-electron chi connectivity index (χ1n) is 5.98. The second-order valence-corrected chi connectivity index (χ2v) is 4.40. The molecule has 0 aliphatic heterocycles. The van der Waals surface area contributed by atoms with Gasteiger partial charge in [-0.05, 0) is 24.6 Å². The lowest BCUT2D eigenvalue weighted by atomic mass is 10.1. The minimum absolute atomic E-state index is 0.0766. The largest absolute Gasteiger partial charge is 0.355 e. The van der Waals surface area contributed by atoms with Crippen LogP contribution in [0.25, 0.3) is 0 Å². The first-order chi connectivity index (χ1) is 8.93. The molecule has 0 saturated heterocycles. The summed E-state index contributed by atoms with van der Waals surface area (Å²) >= 11 is 0. The third-order valence-electron chi connectivity index (χ3n) is 2.69. The maximum Gasteiger partial charge on any atom is 0.251 e. The smallest absolute Gasteiger partial charge is 0.251 e. The van der Waals surface area contributed by atoms with Crippen molar-refractivity contribution < 1.29 is 14.4 Å². The molecule has 0 atom stereocenters. The van der Waals surface area contributed by atoms with Gasteiger partial charge in [-0.1, -0.05) is 12.1 Å². The average Bonchev–Trinajstić information content (AvgIpc) is 2.37. The zero-order chi connectivity index (χ0) is 14.4. The topological polar surface area (TPSA) is 66.5 Å². The molecular formula is C14H18N2O3. The van der Waals surface area contributed by atoms with E-state index >= 15 is 0 Å². The monoisotopic (exact) mass is 262 g/mol. The highest BCUT2D eigenvalue weighted by atomic mass is 16.2. The Kier molecular flexibility index (Phi) is 5.23. The van der Waals surface area contributed by atoms with E-state index in [1.807, 2.05) is 0 Å². The number of carbonyl (C=O) groups excluding carboxylic acids is 3. The Labute approximate surface area is 112 Å². The van der Waals surface area contributed by atoms with Crippen LogP contribution < -0.4 is 5.32 Å². The van der Waals surface area contributed by atoms with Gasteiger partial charge in [0.2, 0.25) is 5.91 Å². The van der Waals surface area contributed by atoms with Gasteiger partial charge in [0.1, 0.15) is 5.78 Å². The van der Waals surface area contributed by atoms with Gasteiger partial charge < -0.3 is 10.2 Å². The van der Waals surface area contributed by atoms with E-state index in [-0.39, 0.29) is 24.0 Å². The van der Waals surface area contributed by atoms with E-state index in [0.717, 1.165) is 5.56 Å². The molecule has 19 heavy (non-hydrogen) atoms. The number of hydrogen-bond donors (Lipinski definition) is 1. The minimum atomic E-state index is -0.206. The number of nitrogens with one attached hydrogen (secondary N) is 1. The Morgan fingerprint density at radius 2 is 1.74 bits per heavy atom. The molecular weight excluding hydrogens is 244 g/mol. The van der Waals surface area contributed by atoms with Gasteiger partial charge in [0.05, 0.1) is 6.42 Å². The van der Waals surface area contributed by atoms with Gasteiger partial charge in [-0.25, -0.2) is 0 Å². The molecule has 0 aromatic heterocycles. The van der Waals surface area contributed by atoms with Crippen LogP contribution in [0, 0.1) is 0 Å². The van der Waals surface area contributed by atoms with Crippen LogP contribution in [0.5, 0.6) is 0 Å². The van der Waals surface area contributed by atoms with Crippen molar-refractivity contribution >= 4 is 17.6 Å². The third kappa shape index (κ3) is 4.54. The quantitative estimate of drug-likeness (QED) is 0.804. The van der Waals surface area contributed by atoms with Gasteiger partial charge in [0, 0.05) is 26.2 Å². The Hall–Kier alpha value is -2.17. The van der Waals surface area contributed by atoms with Gasteiger partial charge in [-0.3, -0.25) is 14.4 Å². The van der Waals surface area contributed by atoms with E-state index in [2.05, 4.69) is 5.32 Å². The zero-order valence-electron chi connectivity index (χ0n) is 11.4. The number of nitrogens with zero attached hydrogens (tertiary/aromatic N) is 1. The molecule has 1 aromatic rings. The second-order valence-electron chi connectivity index (χ2n) is 4.40. The third-order valence-corrected chi connectivity index (χ3v) is 2.69. The molecule has 0 aliphatic rings. The molecule has 1 N–H and O–H groups in total. The summed E-state index contributed by atoms with van der Waals surface area (Å²) in [4.78, 5) is 35.4. The summed E-state index contributed by atoms with van der Waals surface area (Å²) in [5.74, 6) is -0.498. The molecule has 0 bridgehead atoms. The molecule has 1 rings (SSSR count). The number of Topliss-reactive ketones (excluding diaryl/α,β-unsaturated/α-hetero) is 1. The molecule has 0 radical (unpaired) electrons. The van der Waals surface area contributed by atoms with Crippen molar-refractivity contribution in [3.05, 3.63) is 35.4 Å². The van der Waals surface area contributed by atoms with Crippen LogP contribution in [0.1, 0.15) is 29.3 Å². The van der Waals surface area contributed by atoms with Crippen LogP contribution in [-0.2, 0) is 16.1 Å². The van der Waals surface area contributed by atoms with Crippen molar-refractivity contribution in [3.63, 3.8) is 0 Å². The minimum Gasteiger partial charge on any atom is -0.355 e. The standard InChI is InChI=1S/C14H18N2O3/c1-10(17)8-13(18)16(3)9-11-4-6-12(7-5-11)14(19)15-2/h4-7H,8-9H2,1-3H3,(H,15,19). The summed E-state index contributed by atoms with van der Waals surface area (Å²) in [6.45, 7) is 1.81. The number of ketones is 1. The highest BCUT2D eigenvalue weighted by Gasteiger charge is 2.11. The summed E-state index contributed by atoms with van der Waals surface area (Å²) in [6.07, 6.45) is -0.0766. The van der Waals surface area contributed by atoms with Crippen LogP contribution >= 0.6 is 0 Å². The molecule has 5 nitrogen and oxygen atoms in total. The van der Waals surface area contributed by atoms with E-state index in [1.54, 1.807) is 38.4 Å². The van der Waals surface area contributed by atoms with E-state index in [0.29, 0.717) is 12.1 Å². The summed E-state index contributed by atoms with van der Waals surface area (Å²) in [5.41, 5.74) is 1.48. The summed E-state index contributed by atoms with van der Waals surface area (Å²) in [6, 6.07) is 7.00. The Morgan fingerprint density at radius 1 is 1.16 bits per heavy atom. The maximum absolute atomic E-state index is 11.6. The fourth-order valence-corrected chi connectivity index (χ4v) is 1.62. The normalized spacial score (nSPS) is 9.84. The molecule has 5 heteroatoms. The van der Waals surface area contributed by atoms with Crippen molar-refractivity contribution in [2.75, 3.05) is 14.1 Å². The van der Waals surface area contributed by atoms with E-state index in [4.69, 9.17) is 0 Å². The fourth-order valence-electron chi connectivity index (χ4n) is 1.62. The van der Waals surface area contributed by atoms with E-state index in [1.165, 1.54) is 11.8 Å². The van der Waals surface area contributed by atoms with E-state index in [9.17, 15) is 14.4 Å². The van der Waals surface area contributed by atoms with Crippen molar-refractivity contribution in [3.8, 4) is 0 Å². The summed E-state index contributed by atoms with van der Waals surface area (Å²) in [7, 11) is 3.22. The van der Waals surface area contributed by atoms with Crippen LogP contribution in [0.4, 0.5) is 0 Å². The second kappa shape index (κ2) is 6.68. The van der Waals surface area contributed by atoms with Gasteiger partial charge >= 0.3 is 0 Å². The lowest BCUT2D eigenvalue weighted by Gasteiger charge is -2.16. The highest BCUT2D eigenvalue weighted by molar-refractivity contribution is 5.96. The lowest BCUT2D eigenvalue weighted by molar-refractivity contribution is -0.134. The van der Waals surface area contributed by atoms with Gasteiger partial charge in [-0.2, -0.15) is 0 Å². The molecule has 0 unspecified atom stereocenters. The molecule has 0 heterocycles. The number of hydrogen-bond acceptors (Lipinski definition) is 3. The molecule has 0 saturated carbocycles.